The van der Waals surface area contributed by atoms with Crippen molar-refractivity contribution in [3.05, 3.63) is 28.4 Å². The second-order valence-corrected chi connectivity index (χ2v) is 8.47. The van der Waals surface area contributed by atoms with Crippen LogP contribution in [-0.4, -0.2) is 46.6 Å². The Labute approximate surface area is 175 Å². The van der Waals surface area contributed by atoms with Crippen LogP contribution in [0.3, 0.4) is 0 Å². The van der Waals surface area contributed by atoms with Crippen molar-refractivity contribution in [2.75, 3.05) is 11.9 Å². The molecule has 154 valence electrons. The Morgan fingerprint density at radius 3 is 2.90 bits per heavy atom. The van der Waals surface area contributed by atoms with Gasteiger partial charge in [0.25, 0.3) is 0 Å². The maximum atomic E-state index is 13.0. The first-order valence-corrected chi connectivity index (χ1v) is 9.67. The average molecular weight is 444 g/mol. The molecule has 1 N–H and O–H groups in total. The van der Waals surface area contributed by atoms with E-state index in [1.165, 1.54) is 12.3 Å². The number of aromatic nitrogens is 1. The minimum absolute atomic E-state index is 0.127. The molecule has 1 amide bonds. The second-order valence-electron chi connectivity index (χ2n) is 7.56. The third-order valence-electron chi connectivity index (χ3n) is 5.04. The molecule has 11 heteroatoms. The van der Waals surface area contributed by atoms with E-state index in [0.29, 0.717) is 18.8 Å². The van der Waals surface area contributed by atoms with E-state index in [0.717, 1.165) is 11.1 Å². The zero-order chi connectivity index (χ0) is 20.9. The molecule has 29 heavy (non-hydrogen) atoms. The zero-order valence-electron chi connectivity index (χ0n) is 15.5. The number of pyridine rings is 1. The van der Waals surface area contributed by atoms with E-state index in [-0.39, 0.29) is 27.5 Å². The van der Waals surface area contributed by atoms with Crippen molar-refractivity contribution >= 4 is 46.8 Å². The van der Waals surface area contributed by atoms with Crippen LogP contribution in [0.4, 0.5) is 14.5 Å². The number of nitrogens with zero attached hydrogens (tertiary/aromatic N) is 4. The number of carbonyl (C=O) groups is 1. The first-order valence-electron chi connectivity index (χ1n) is 8.85. The van der Waals surface area contributed by atoms with Crippen LogP contribution in [0.1, 0.15) is 20.3 Å². The van der Waals surface area contributed by atoms with Crippen molar-refractivity contribution in [3.8, 4) is 5.88 Å². The molecule has 3 aliphatic rings. The fourth-order valence-corrected chi connectivity index (χ4v) is 4.33. The van der Waals surface area contributed by atoms with Gasteiger partial charge in [0.2, 0.25) is 11.8 Å². The summed E-state index contributed by atoms with van der Waals surface area (Å²) in [6.45, 7) is 1.55. The van der Waals surface area contributed by atoms with E-state index < -0.39 is 18.4 Å². The molecule has 1 aromatic rings. The van der Waals surface area contributed by atoms with Gasteiger partial charge in [-0.3, -0.25) is 4.79 Å². The Balaban J connectivity index is 1.57. The minimum Gasteiger partial charge on any atom is -0.415 e. The van der Waals surface area contributed by atoms with Crippen molar-refractivity contribution in [2.45, 2.75) is 32.4 Å². The molecule has 7 nitrogen and oxygen atoms in total. The number of fused-ring (bicyclic) bond motifs is 2. The lowest BCUT2D eigenvalue weighted by Gasteiger charge is -2.27. The molecule has 0 saturated heterocycles. The monoisotopic (exact) mass is 443 g/mol. The molecule has 2 unspecified atom stereocenters. The van der Waals surface area contributed by atoms with E-state index in [9.17, 15) is 13.6 Å². The van der Waals surface area contributed by atoms with E-state index in [1.54, 1.807) is 11.2 Å². The summed E-state index contributed by atoms with van der Waals surface area (Å²) < 4.78 is 28.9. The molecule has 1 aliphatic carbocycles. The quantitative estimate of drug-likeness (QED) is 0.565. The Hall–Kier alpha value is -2.26. The summed E-state index contributed by atoms with van der Waals surface area (Å²) in [6, 6.07) is 1.31. The molecule has 0 fully saturated rings. The Morgan fingerprint density at radius 2 is 2.21 bits per heavy atom. The molecule has 0 aromatic carbocycles. The second kappa shape index (κ2) is 7.21. The van der Waals surface area contributed by atoms with Gasteiger partial charge < -0.3 is 10.1 Å². The fraction of sp³-hybridized carbons (Fsp3) is 0.444. The molecule has 4 rings (SSSR count). The summed E-state index contributed by atoms with van der Waals surface area (Å²) in [4.78, 5) is 21.2. The third kappa shape index (κ3) is 3.69. The SMILES string of the molecule is CC1(C)CC(C(=O)Nc2cnc(OC(F)F)c(Cl)c2)C2=C1C1=NC(Cl)CN1N=C2. The molecule has 0 spiro atoms. The van der Waals surface area contributed by atoms with Gasteiger partial charge in [-0.2, -0.15) is 13.9 Å². The van der Waals surface area contributed by atoms with Crippen LogP contribution in [0.5, 0.6) is 5.88 Å². The Kier molecular flexibility index (Phi) is 4.98. The molecular weight excluding hydrogens is 427 g/mol. The first-order chi connectivity index (χ1) is 13.7. The number of amides is 1. The van der Waals surface area contributed by atoms with Crippen molar-refractivity contribution in [2.24, 2.45) is 21.4 Å². The number of halogens is 4. The van der Waals surface area contributed by atoms with Crippen LogP contribution in [0.15, 0.2) is 33.5 Å². The molecule has 0 saturated carbocycles. The van der Waals surface area contributed by atoms with Crippen LogP contribution in [0, 0.1) is 11.3 Å². The number of ether oxygens (including phenoxy) is 1. The lowest BCUT2D eigenvalue weighted by Crippen LogP contribution is -2.32. The third-order valence-corrected chi connectivity index (χ3v) is 5.54. The Morgan fingerprint density at radius 1 is 1.45 bits per heavy atom. The topological polar surface area (TPSA) is 79.2 Å². The predicted molar refractivity (Wildman–Crippen MR) is 106 cm³/mol. The molecule has 1 aromatic heterocycles. The number of aliphatic imine (C=N–C) groups is 1. The maximum absolute atomic E-state index is 13.0. The van der Waals surface area contributed by atoms with Crippen LogP contribution in [-0.2, 0) is 4.79 Å². The molecule has 0 radical (unpaired) electrons. The summed E-state index contributed by atoms with van der Waals surface area (Å²) in [5.74, 6) is -0.426. The number of alkyl halides is 3. The van der Waals surface area contributed by atoms with E-state index in [1.807, 2.05) is 13.8 Å². The van der Waals surface area contributed by atoms with Gasteiger partial charge in [0.1, 0.15) is 16.4 Å². The number of amidine groups is 1. The number of hydrogen-bond acceptors (Lipinski definition) is 6. The van der Waals surface area contributed by atoms with Gasteiger partial charge in [-0.05, 0) is 23.5 Å². The molecule has 0 bridgehead atoms. The van der Waals surface area contributed by atoms with Gasteiger partial charge >= 0.3 is 6.61 Å². The number of hydrazone groups is 1. The zero-order valence-corrected chi connectivity index (χ0v) is 17.0. The molecular formula is C18H17Cl2F2N5O2. The van der Waals surface area contributed by atoms with Crippen LogP contribution in [0.25, 0.3) is 0 Å². The predicted octanol–water partition coefficient (Wildman–Crippen LogP) is 3.90. The fourth-order valence-electron chi connectivity index (χ4n) is 3.90. The molecule has 3 heterocycles. The summed E-state index contributed by atoms with van der Waals surface area (Å²) in [5.41, 5.74) is 1.37. The van der Waals surface area contributed by atoms with Crippen LogP contribution >= 0.6 is 23.2 Å². The van der Waals surface area contributed by atoms with Crippen molar-refractivity contribution in [3.63, 3.8) is 0 Å². The van der Waals surface area contributed by atoms with Gasteiger partial charge in [0, 0.05) is 5.57 Å². The number of anilines is 1. The summed E-state index contributed by atoms with van der Waals surface area (Å²) in [7, 11) is 0. The summed E-state index contributed by atoms with van der Waals surface area (Å²) >= 11 is 12.1. The Bertz CT molecular complexity index is 964. The first kappa shape index (κ1) is 20.0. The lowest BCUT2D eigenvalue weighted by molar-refractivity contribution is -0.119. The maximum Gasteiger partial charge on any atom is 0.388 e. The highest BCUT2D eigenvalue weighted by Gasteiger charge is 2.48. The number of rotatable bonds is 4. The van der Waals surface area contributed by atoms with E-state index in [4.69, 9.17) is 23.2 Å². The molecule has 2 atom stereocenters. The highest BCUT2D eigenvalue weighted by Crippen LogP contribution is 2.49. The highest BCUT2D eigenvalue weighted by molar-refractivity contribution is 6.32. The summed E-state index contributed by atoms with van der Waals surface area (Å²) in [6.07, 6.45) is 3.46. The van der Waals surface area contributed by atoms with Crippen molar-refractivity contribution in [1.82, 2.24) is 9.99 Å². The average Bonchev–Trinajstić information content (AvgIpc) is 3.13. The summed E-state index contributed by atoms with van der Waals surface area (Å²) in [5, 5.41) is 8.74. The minimum atomic E-state index is -3.04. The lowest BCUT2D eigenvalue weighted by atomic mass is 9.83. The highest BCUT2D eigenvalue weighted by atomic mass is 35.5. The van der Waals surface area contributed by atoms with Gasteiger partial charge in [-0.15, -0.1) is 0 Å². The number of carbonyl (C=O) groups excluding carboxylic acids is 1. The molecule has 2 aliphatic heterocycles. The van der Waals surface area contributed by atoms with Gasteiger partial charge in [0.15, 0.2) is 0 Å². The van der Waals surface area contributed by atoms with E-state index >= 15 is 0 Å². The smallest absolute Gasteiger partial charge is 0.388 e. The van der Waals surface area contributed by atoms with Gasteiger partial charge in [-0.1, -0.05) is 37.0 Å². The van der Waals surface area contributed by atoms with Crippen LogP contribution in [0.2, 0.25) is 5.02 Å². The van der Waals surface area contributed by atoms with Gasteiger partial charge in [0.05, 0.1) is 30.6 Å². The van der Waals surface area contributed by atoms with E-state index in [2.05, 4.69) is 25.1 Å². The number of hydrogen-bond donors (Lipinski definition) is 1. The van der Waals surface area contributed by atoms with Crippen molar-refractivity contribution < 1.29 is 18.3 Å². The standard InChI is InChI=1S/C18H17Cl2F2N5O2/c1-18(2)4-9(10-6-24-27-7-12(20)26-14(27)13(10)18)15(28)25-8-3-11(19)16(23-5-8)29-17(21)22/h3,5-6,9,12,17H,4,7H2,1-2H3,(H,25,28). The van der Waals surface area contributed by atoms with Crippen molar-refractivity contribution in [1.29, 1.82) is 0 Å². The number of nitrogens with one attached hydrogen (secondary N) is 1. The van der Waals surface area contributed by atoms with Crippen LogP contribution < -0.4 is 10.1 Å². The largest absolute Gasteiger partial charge is 0.415 e. The normalized spacial score (nSPS) is 24.5. The van der Waals surface area contributed by atoms with Gasteiger partial charge in [-0.25, -0.2) is 15.0 Å².